The van der Waals surface area contributed by atoms with E-state index in [0.29, 0.717) is 24.0 Å². The molecule has 1 saturated carbocycles. The second-order valence-electron chi connectivity index (χ2n) is 5.86. The molecule has 3 nitrogen and oxygen atoms in total. The second kappa shape index (κ2) is 5.28. The molecule has 0 spiro atoms. The monoisotopic (exact) mass is 296 g/mol. The number of aromatic hydroxyl groups is 1. The van der Waals surface area contributed by atoms with Crippen molar-refractivity contribution in [3.63, 3.8) is 0 Å². The lowest BCUT2D eigenvalue weighted by Crippen LogP contribution is -2.39. The summed E-state index contributed by atoms with van der Waals surface area (Å²) in [5.41, 5.74) is 2.20. The Morgan fingerprint density at radius 3 is 2.10 bits per heavy atom. The number of rotatable bonds is 2. The molecule has 2 rings (SSSR count). The normalized spacial score (nSPS) is 18.0. The fourth-order valence-corrected chi connectivity index (χ4v) is 3.78. The van der Waals surface area contributed by atoms with Crippen LogP contribution in [0.3, 0.4) is 0 Å². The lowest BCUT2D eigenvalue weighted by Gasteiger charge is -2.37. The zero-order chi connectivity index (χ0) is 15.1. The van der Waals surface area contributed by atoms with Gasteiger partial charge in [-0.05, 0) is 55.9 Å². The van der Waals surface area contributed by atoms with E-state index >= 15 is 0 Å². The van der Waals surface area contributed by atoms with E-state index in [0.717, 1.165) is 30.4 Å². The zero-order valence-electron chi connectivity index (χ0n) is 12.2. The number of carboxylic acids is 1. The zero-order valence-corrected chi connectivity index (χ0v) is 13.0. The summed E-state index contributed by atoms with van der Waals surface area (Å²) >= 11 is 6.20. The van der Waals surface area contributed by atoms with Crippen molar-refractivity contribution in [2.45, 2.75) is 58.3 Å². The van der Waals surface area contributed by atoms with Crippen LogP contribution in [0.1, 0.15) is 54.4 Å². The highest BCUT2D eigenvalue weighted by atomic mass is 35.5. The third-order valence-electron chi connectivity index (χ3n) is 4.80. The molecule has 4 heteroatoms. The van der Waals surface area contributed by atoms with Gasteiger partial charge in [-0.3, -0.25) is 4.79 Å². The first-order valence-electron chi connectivity index (χ1n) is 7.05. The number of phenolic OH excluding ortho intramolecular Hbond substituents is 1. The molecule has 1 aliphatic carbocycles. The first-order valence-corrected chi connectivity index (χ1v) is 7.43. The molecule has 1 fully saturated rings. The van der Waals surface area contributed by atoms with E-state index in [4.69, 9.17) is 11.6 Å². The summed E-state index contributed by atoms with van der Waals surface area (Å²) in [5, 5.41) is 20.2. The maximum Gasteiger partial charge on any atom is 0.314 e. The van der Waals surface area contributed by atoms with Crippen molar-refractivity contribution in [3.05, 3.63) is 27.3 Å². The Balaban J connectivity index is 2.75. The van der Waals surface area contributed by atoms with Gasteiger partial charge in [0.05, 0.1) is 10.4 Å². The van der Waals surface area contributed by atoms with Gasteiger partial charge in [0, 0.05) is 0 Å². The highest BCUT2D eigenvalue weighted by Gasteiger charge is 2.44. The Morgan fingerprint density at radius 1 is 1.05 bits per heavy atom. The van der Waals surface area contributed by atoms with Gasteiger partial charge in [0.2, 0.25) is 0 Å². The Morgan fingerprint density at radius 2 is 1.60 bits per heavy atom. The highest BCUT2D eigenvalue weighted by Crippen LogP contribution is 2.47. The first kappa shape index (κ1) is 15.2. The van der Waals surface area contributed by atoms with Crippen LogP contribution in [0.25, 0.3) is 0 Å². The highest BCUT2D eigenvalue weighted by molar-refractivity contribution is 6.33. The summed E-state index contributed by atoms with van der Waals surface area (Å²) in [6.45, 7) is 5.48. The SMILES string of the molecule is Cc1c(C)c(C2(C(=O)O)CCCCC2)c(C)c(Cl)c1O. The smallest absolute Gasteiger partial charge is 0.314 e. The minimum Gasteiger partial charge on any atom is -0.506 e. The molecule has 0 unspecified atom stereocenters. The molecule has 0 aliphatic heterocycles. The Hall–Kier alpha value is -1.22. The van der Waals surface area contributed by atoms with Gasteiger partial charge in [0.1, 0.15) is 5.75 Å². The molecule has 110 valence electrons. The van der Waals surface area contributed by atoms with E-state index in [1.807, 2.05) is 13.8 Å². The molecule has 0 amide bonds. The molecule has 2 N–H and O–H groups in total. The van der Waals surface area contributed by atoms with E-state index in [1.165, 1.54) is 0 Å². The number of halogens is 1. The standard InChI is InChI=1S/C16H21ClO3/c1-9-10(2)14(18)13(17)11(3)12(9)16(15(19)20)7-5-4-6-8-16/h18H,4-8H2,1-3H3,(H,19,20). The van der Waals surface area contributed by atoms with Crippen molar-refractivity contribution in [1.29, 1.82) is 0 Å². The topological polar surface area (TPSA) is 57.5 Å². The number of aliphatic carboxylic acids is 1. The maximum atomic E-state index is 12.0. The van der Waals surface area contributed by atoms with Crippen molar-refractivity contribution in [2.75, 3.05) is 0 Å². The second-order valence-corrected chi connectivity index (χ2v) is 6.24. The number of carbonyl (C=O) groups is 1. The van der Waals surface area contributed by atoms with Crippen molar-refractivity contribution < 1.29 is 15.0 Å². The number of phenols is 1. The molecule has 0 saturated heterocycles. The predicted octanol–water partition coefficient (Wildman–Crippen LogP) is 4.26. The number of benzene rings is 1. The third kappa shape index (κ3) is 2.08. The van der Waals surface area contributed by atoms with Gasteiger partial charge in [-0.1, -0.05) is 30.9 Å². The molecule has 0 bridgehead atoms. The molecule has 0 radical (unpaired) electrons. The minimum absolute atomic E-state index is 0.0711. The molecule has 1 aromatic carbocycles. The van der Waals surface area contributed by atoms with Crippen LogP contribution in [0, 0.1) is 20.8 Å². The van der Waals surface area contributed by atoms with Gasteiger partial charge in [-0.25, -0.2) is 0 Å². The van der Waals surface area contributed by atoms with Crippen molar-refractivity contribution >= 4 is 17.6 Å². The fourth-order valence-electron chi connectivity index (χ4n) is 3.54. The molecule has 0 atom stereocenters. The van der Waals surface area contributed by atoms with Gasteiger partial charge in [-0.2, -0.15) is 0 Å². The molecule has 0 aromatic heterocycles. The van der Waals surface area contributed by atoms with Crippen LogP contribution < -0.4 is 0 Å². The molecule has 0 heterocycles. The van der Waals surface area contributed by atoms with Crippen LogP contribution in [-0.2, 0) is 10.2 Å². The lowest BCUT2D eigenvalue weighted by molar-refractivity contribution is -0.145. The van der Waals surface area contributed by atoms with E-state index in [9.17, 15) is 15.0 Å². The summed E-state index contributed by atoms with van der Waals surface area (Å²) in [4.78, 5) is 12.0. The van der Waals surface area contributed by atoms with Crippen molar-refractivity contribution in [2.24, 2.45) is 0 Å². The Kier molecular flexibility index (Phi) is 4.01. The Bertz CT molecular complexity index is 528. The molecular formula is C16H21ClO3. The fraction of sp³-hybridized carbons (Fsp3) is 0.562. The van der Waals surface area contributed by atoms with Crippen LogP contribution in [0.5, 0.6) is 5.75 Å². The van der Waals surface area contributed by atoms with Gasteiger partial charge in [-0.15, -0.1) is 0 Å². The average molecular weight is 297 g/mol. The van der Waals surface area contributed by atoms with E-state index in [2.05, 4.69) is 0 Å². The van der Waals surface area contributed by atoms with Crippen LogP contribution in [-0.4, -0.2) is 16.2 Å². The summed E-state index contributed by atoms with van der Waals surface area (Å²) in [7, 11) is 0. The van der Waals surface area contributed by atoms with E-state index < -0.39 is 11.4 Å². The van der Waals surface area contributed by atoms with Crippen LogP contribution >= 0.6 is 11.6 Å². The summed E-state index contributed by atoms with van der Waals surface area (Å²) in [5.74, 6) is -0.702. The first-order chi connectivity index (χ1) is 9.33. The lowest BCUT2D eigenvalue weighted by atomic mass is 9.66. The summed E-state index contributed by atoms with van der Waals surface area (Å²) < 4.78 is 0. The van der Waals surface area contributed by atoms with Crippen LogP contribution in [0.2, 0.25) is 5.02 Å². The molecular weight excluding hydrogens is 276 g/mol. The average Bonchev–Trinajstić information content (AvgIpc) is 2.44. The molecule has 1 aromatic rings. The predicted molar refractivity (Wildman–Crippen MR) is 79.7 cm³/mol. The molecule has 20 heavy (non-hydrogen) atoms. The summed E-state index contributed by atoms with van der Waals surface area (Å²) in [6.07, 6.45) is 4.21. The number of hydrogen-bond acceptors (Lipinski definition) is 2. The Labute approximate surface area is 124 Å². The number of hydrogen-bond donors (Lipinski definition) is 2. The molecule has 1 aliphatic rings. The van der Waals surface area contributed by atoms with Crippen molar-refractivity contribution in [1.82, 2.24) is 0 Å². The quantitative estimate of drug-likeness (QED) is 0.857. The van der Waals surface area contributed by atoms with Gasteiger partial charge < -0.3 is 10.2 Å². The minimum atomic E-state index is -0.853. The van der Waals surface area contributed by atoms with Gasteiger partial charge in [0.15, 0.2) is 0 Å². The van der Waals surface area contributed by atoms with Crippen molar-refractivity contribution in [3.8, 4) is 5.75 Å². The summed E-state index contributed by atoms with van der Waals surface area (Å²) in [6, 6.07) is 0. The van der Waals surface area contributed by atoms with Crippen LogP contribution in [0.15, 0.2) is 0 Å². The third-order valence-corrected chi connectivity index (χ3v) is 5.26. The van der Waals surface area contributed by atoms with Gasteiger partial charge >= 0.3 is 5.97 Å². The number of carboxylic acid groups (broad SMARTS) is 1. The van der Waals surface area contributed by atoms with Crippen LogP contribution in [0.4, 0.5) is 0 Å². The van der Waals surface area contributed by atoms with Gasteiger partial charge in [0.25, 0.3) is 0 Å². The largest absolute Gasteiger partial charge is 0.506 e. The van der Waals surface area contributed by atoms with E-state index in [1.54, 1.807) is 6.92 Å². The maximum absolute atomic E-state index is 12.0. The van der Waals surface area contributed by atoms with E-state index in [-0.39, 0.29) is 10.8 Å².